The van der Waals surface area contributed by atoms with Crippen LogP contribution in [0.25, 0.3) is 0 Å². The fourth-order valence-corrected chi connectivity index (χ4v) is 2.31. The zero-order valence-corrected chi connectivity index (χ0v) is 14.2. The molecule has 0 saturated carbocycles. The quantitative estimate of drug-likeness (QED) is 0.387. The van der Waals surface area contributed by atoms with Crippen molar-refractivity contribution < 1.29 is 14.3 Å². The smallest absolute Gasteiger partial charge is 0.263 e. The molecule has 2 aromatic carbocycles. The predicted octanol–water partition coefficient (Wildman–Crippen LogP) is 2.43. The van der Waals surface area contributed by atoms with E-state index < -0.39 is 5.91 Å². The SMILES string of the molecule is N#C/C(=C/NCCc1ccccc1F)C(=O)NCCc1ccc(O)cc1. The summed E-state index contributed by atoms with van der Waals surface area (Å²) in [5.41, 5.74) is 1.50. The first-order chi connectivity index (χ1) is 12.6. The van der Waals surface area contributed by atoms with Crippen LogP contribution in [0.3, 0.4) is 0 Å². The fraction of sp³-hybridized carbons (Fsp3) is 0.200. The van der Waals surface area contributed by atoms with Crippen LogP contribution in [0.1, 0.15) is 11.1 Å². The lowest BCUT2D eigenvalue weighted by atomic mass is 10.1. The number of nitrogens with one attached hydrogen (secondary N) is 2. The Balaban J connectivity index is 1.76. The minimum Gasteiger partial charge on any atom is -0.508 e. The summed E-state index contributed by atoms with van der Waals surface area (Å²) >= 11 is 0. The van der Waals surface area contributed by atoms with Crippen LogP contribution < -0.4 is 10.6 Å². The number of rotatable bonds is 8. The molecule has 1 amide bonds. The summed E-state index contributed by atoms with van der Waals surface area (Å²) in [6.07, 6.45) is 2.38. The lowest BCUT2D eigenvalue weighted by Crippen LogP contribution is -2.28. The van der Waals surface area contributed by atoms with Crippen LogP contribution in [-0.2, 0) is 17.6 Å². The number of phenolic OH excluding ortho intramolecular Hbond substituents is 1. The lowest BCUT2D eigenvalue weighted by Gasteiger charge is -2.06. The van der Waals surface area contributed by atoms with Crippen LogP contribution in [0.2, 0.25) is 0 Å². The largest absolute Gasteiger partial charge is 0.508 e. The Labute approximate surface area is 151 Å². The average Bonchev–Trinajstić information content (AvgIpc) is 2.64. The molecule has 0 unspecified atom stereocenters. The molecule has 134 valence electrons. The second kappa shape index (κ2) is 9.84. The molecule has 0 bridgehead atoms. The van der Waals surface area contributed by atoms with Gasteiger partial charge in [0.1, 0.15) is 23.2 Å². The molecule has 0 atom stereocenters. The third-order valence-corrected chi connectivity index (χ3v) is 3.74. The molecular weight excluding hydrogens is 333 g/mol. The maximum atomic E-state index is 13.5. The molecule has 5 nitrogen and oxygen atoms in total. The maximum absolute atomic E-state index is 13.5. The summed E-state index contributed by atoms with van der Waals surface area (Å²) in [7, 11) is 0. The van der Waals surface area contributed by atoms with Crippen molar-refractivity contribution in [2.24, 2.45) is 0 Å². The van der Waals surface area contributed by atoms with E-state index in [4.69, 9.17) is 5.26 Å². The van der Waals surface area contributed by atoms with Crippen molar-refractivity contribution in [1.82, 2.24) is 10.6 Å². The zero-order chi connectivity index (χ0) is 18.8. The molecule has 2 rings (SSSR count). The van der Waals surface area contributed by atoms with E-state index in [0.717, 1.165) is 5.56 Å². The van der Waals surface area contributed by atoms with E-state index in [1.54, 1.807) is 42.5 Å². The molecule has 0 fully saturated rings. The van der Waals surface area contributed by atoms with Gasteiger partial charge in [0.15, 0.2) is 0 Å². The summed E-state index contributed by atoms with van der Waals surface area (Å²) in [6, 6.07) is 15.0. The highest BCUT2D eigenvalue weighted by atomic mass is 19.1. The minimum absolute atomic E-state index is 0.0377. The molecule has 0 heterocycles. The van der Waals surface area contributed by atoms with Crippen LogP contribution in [0, 0.1) is 17.1 Å². The lowest BCUT2D eigenvalue weighted by molar-refractivity contribution is -0.117. The Morgan fingerprint density at radius 3 is 2.54 bits per heavy atom. The van der Waals surface area contributed by atoms with Gasteiger partial charge in [-0.2, -0.15) is 5.26 Å². The van der Waals surface area contributed by atoms with E-state index in [1.165, 1.54) is 12.3 Å². The number of hydrogen-bond donors (Lipinski definition) is 3. The molecule has 0 radical (unpaired) electrons. The summed E-state index contributed by atoms with van der Waals surface area (Å²) < 4.78 is 13.5. The highest BCUT2D eigenvalue weighted by molar-refractivity contribution is 5.97. The van der Waals surface area contributed by atoms with E-state index in [-0.39, 0.29) is 17.1 Å². The summed E-state index contributed by atoms with van der Waals surface area (Å²) in [5, 5.41) is 23.9. The number of aromatic hydroxyl groups is 1. The fourth-order valence-electron chi connectivity index (χ4n) is 2.31. The second-order valence-corrected chi connectivity index (χ2v) is 5.64. The molecule has 0 aliphatic heterocycles. The third kappa shape index (κ3) is 5.95. The van der Waals surface area contributed by atoms with Crippen molar-refractivity contribution in [3.05, 3.63) is 77.2 Å². The van der Waals surface area contributed by atoms with E-state index in [2.05, 4.69) is 10.6 Å². The van der Waals surface area contributed by atoms with Gasteiger partial charge in [0, 0.05) is 19.3 Å². The van der Waals surface area contributed by atoms with Crippen molar-refractivity contribution in [3.8, 4) is 11.8 Å². The second-order valence-electron chi connectivity index (χ2n) is 5.64. The number of carbonyl (C=O) groups is 1. The number of carbonyl (C=O) groups excluding carboxylic acids is 1. The van der Waals surface area contributed by atoms with E-state index >= 15 is 0 Å². The summed E-state index contributed by atoms with van der Waals surface area (Å²) in [6.45, 7) is 0.782. The van der Waals surface area contributed by atoms with Gasteiger partial charge in [0.05, 0.1) is 0 Å². The van der Waals surface area contributed by atoms with Crippen LogP contribution in [0.15, 0.2) is 60.3 Å². The third-order valence-electron chi connectivity index (χ3n) is 3.74. The molecule has 26 heavy (non-hydrogen) atoms. The first-order valence-electron chi connectivity index (χ1n) is 8.23. The molecule has 6 heteroatoms. The van der Waals surface area contributed by atoms with Crippen LogP contribution >= 0.6 is 0 Å². The Morgan fingerprint density at radius 2 is 1.85 bits per heavy atom. The van der Waals surface area contributed by atoms with Crippen molar-refractivity contribution in [1.29, 1.82) is 5.26 Å². The van der Waals surface area contributed by atoms with Gasteiger partial charge in [-0.05, 0) is 42.2 Å². The monoisotopic (exact) mass is 353 g/mol. The van der Waals surface area contributed by atoms with Gasteiger partial charge in [-0.1, -0.05) is 30.3 Å². The number of halogens is 1. The van der Waals surface area contributed by atoms with Crippen molar-refractivity contribution >= 4 is 5.91 Å². The van der Waals surface area contributed by atoms with Crippen LogP contribution in [0.4, 0.5) is 4.39 Å². The van der Waals surface area contributed by atoms with Gasteiger partial charge >= 0.3 is 0 Å². The first-order valence-corrected chi connectivity index (χ1v) is 8.23. The Hall–Kier alpha value is -3.33. The Bertz CT molecular complexity index is 811. The number of phenols is 1. The van der Waals surface area contributed by atoms with E-state index in [1.807, 2.05) is 6.07 Å². The molecule has 0 saturated heterocycles. The number of nitrogens with zero attached hydrogens (tertiary/aromatic N) is 1. The maximum Gasteiger partial charge on any atom is 0.263 e. The van der Waals surface area contributed by atoms with Gasteiger partial charge in [-0.25, -0.2) is 4.39 Å². The highest BCUT2D eigenvalue weighted by Crippen LogP contribution is 2.09. The topological polar surface area (TPSA) is 85.2 Å². The van der Waals surface area contributed by atoms with Crippen molar-refractivity contribution in [3.63, 3.8) is 0 Å². The van der Waals surface area contributed by atoms with Gasteiger partial charge in [-0.15, -0.1) is 0 Å². The average molecular weight is 353 g/mol. The van der Waals surface area contributed by atoms with Crippen molar-refractivity contribution in [2.45, 2.75) is 12.8 Å². The molecule has 0 aliphatic rings. The normalized spacial score (nSPS) is 10.8. The summed E-state index contributed by atoms with van der Waals surface area (Å²) in [5.74, 6) is -0.552. The Morgan fingerprint density at radius 1 is 1.12 bits per heavy atom. The van der Waals surface area contributed by atoms with E-state index in [0.29, 0.717) is 31.5 Å². The van der Waals surface area contributed by atoms with Gasteiger partial charge in [0.2, 0.25) is 0 Å². The molecule has 0 spiro atoms. The van der Waals surface area contributed by atoms with Gasteiger partial charge in [0.25, 0.3) is 5.91 Å². The molecular formula is C20H20FN3O2. The predicted molar refractivity (Wildman–Crippen MR) is 96.6 cm³/mol. The van der Waals surface area contributed by atoms with E-state index in [9.17, 15) is 14.3 Å². The first kappa shape index (κ1) is 19.0. The Kier molecular flexibility index (Phi) is 7.19. The minimum atomic E-state index is -0.468. The van der Waals surface area contributed by atoms with Gasteiger partial charge in [-0.3, -0.25) is 4.79 Å². The molecule has 2 aromatic rings. The number of hydrogen-bond acceptors (Lipinski definition) is 4. The number of nitriles is 1. The van der Waals surface area contributed by atoms with Crippen LogP contribution in [0.5, 0.6) is 5.75 Å². The zero-order valence-electron chi connectivity index (χ0n) is 14.2. The summed E-state index contributed by atoms with van der Waals surface area (Å²) in [4.78, 5) is 12.0. The molecule has 3 N–H and O–H groups in total. The number of amides is 1. The van der Waals surface area contributed by atoms with Gasteiger partial charge < -0.3 is 15.7 Å². The highest BCUT2D eigenvalue weighted by Gasteiger charge is 2.08. The molecule has 0 aliphatic carbocycles. The van der Waals surface area contributed by atoms with Crippen LogP contribution in [-0.4, -0.2) is 24.1 Å². The standard InChI is InChI=1S/C20H20FN3O2/c21-19-4-2-1-3-16(19)10-11-23-14-17(13-22)20(26)24-12-9-15-5-7-18(25)8-6-15/h1-8,14,23,25H,9-12H2,(H,24,26)/b17-14-. The number of benzene rings is 2. The van der Waals surface area contributed by atoms with Crippen molar-refractivity contribution in [2.75, 3.05) is 13.1 Å². The molecule has 0 aromatic heterocycles.